The van der Waals surface area contributed by atoms with Crippen LogP contribution in [0.1, 0.15) is 11.1 Å². The van der Waals surface area contributed by atoms with Crippen molar-refractivity contribution in [3.8, 4) is 0 Å². The van der Waals surface area contributed by atoms with Crippen LogP contribution in [0.15, 0.2) is 63.9 Å². The number of hydrogen-bond donors (Lipinski definition) is 2. The Labute approximate surface area is 140 Å². The molecule has 0 fully saturated rings. The zero-order valence-corrected chi connectivity index (χ0v) is 13.5. The van der Waals surface area contributed by atoms with Crippen molar-refractivity contribution in [2.24, 2.45) is 4.99 Å². The first-order valence-corrected chi connectivity index (χ1v) is 7.56. The number of halogens is 2. The van der Waals surface area contributed by atoms with E-state index in [9.17, 15) is 9.90 Å². The summed E-state index contributed by atoms with van der Waals surface area (Å²) in [6.45, 7) is 0. The number of fused-ring (bicyclic) bond motifs is 1. The summed E-state index contributed by atoms with van der Waals surface area (Å²) in [5.74, 6) is -0.479. The molecule has 1 aliphatic rings. The van der Waals surface area contributed by atoms with Gasteiger partial charge in [-0.25, -0.2) is 4.99 Å². The lowest BCUT2D eigenvalue weighted by atomic mass is 10.0. The van der Waals surface area contributed by atoms with Crippen LogP contribution >= 0.6 is 27.5 Å². The molecule has 110 valence electrons. The van der Waals surface area contributed by atoms with E-state index in [0.717, 1.165) is 4.47 Å². The first kappa shape index (κ1) is 14.8. The van der Waals surface area contributed by atoms with Crippen LogP contribution in [0.4, 0.5) is 5.69 Å². The molecule has 1 aliphatic heterocycles. The minimum atomic E-state index is -0.479. The summed E-state index contributed by atoms with van der Waals surface area (Å²) in [5, 5.41) is 12.5. The van der Waals surface area contributed by atoms with Gasteiger partial charge in [-0.2, -0.15) is 0 Å². The zero-order chi connectivity index (χ0) is 15.7. The van der Waals surface area contributed by atoms with E-state index in [4.69, 9.17) is 11.6 Å². The van der Waals surface area contributed by atoms with Gasteiger partial charge in [0, 0.05) is 20.6 Å². The summed E-state index contributed by atoms with van der Waals surface area (Å²) >= 11 is 9.68. The van der Waals surface area contributed by atoms with Crippen molar-refractivity contribution < 1.29 is 9.90 Å². The molecular formula is C16H10BrClN2O2. The molecule has 4 nitrogen and oxygen atoms in total. The van der Waals surface area contributed by atoms with Crippen LogP contribution in [0.2, 0.25) is 5.02 Å². The van der Waals surface area contributed by atoms with Gasteiger partial charge in [-0.05, 0) is 24.3 Å². The third-order valence-corrected chi connectivity index (χ3v) is 4.02. The minimum absolute atomic E-state index is 0.0813. The molecule has 6 heteroatoms. The molecule has 0 bridgehead atoms. The topological polar surface area (TPSA) is 61.7 Å². The minimum Gasteiger partial charge on any atom is -0.513 e. The predicted molar refractivity (Wildman–Crippen MR) is 90.6 cm³/mol. The molecule has 1 amide bonds. The lowest BCUT2D eigenvalue weighted by molar-refractivity contribution is -0.112. The van der Waals surface area contributed by atoms with Crippen molar-refractivity contribution in [1.29, 1.82) is 0 Å². The fraction of sp³-hybridized carbons (Fsp3) is 0. The predicted octanol–water partition coefficient (Wildman–Crippen LogP) is 4.29. The number of amides is 1. The molecular weight excluding hydrogens is 368 g/mol. The highest BCUT2D eigenvalue weighted by Gasteiger charge is 2.23. The van der Waals surface area contributed by atoms with E-state index in [1.54, 1.807) is 12.1 Å². The Morgan fingerprint density at radius 2 is 1.95 bits per heavy atom. The number of rotatable bonds is 1. The molecule has 0 unspecified atom stereocenters. The van der Waals surface area contributed by atoms with Gasteiger partial charge in [0.05, 0.1) is 11.4 Å². The van der Waals surface area contributed by atoms with Gasteiger partial charge in [-0.15, -0.1) is 0 Å². The van der Waals surface area contributed by atoms with E-state index in [1.165, 1.54) is 0 Å². The smallest absolute Gasteiger partial charge is 0.277 e. The Bertz CT molecular complexity index is 831. The van der Waals surface area contributed by atoms with Crippen molar-refractivity contribution in [1.82, 2.24) is 0 Å². The first-order valence-electron chi connectivity index (χ1n) is 6.39. The molecule has 2 aromatic rings. The number of anilines is 1. The maximum Gasteiger partial charge on any atom is 0.277 e. The van der Waals surface area contributed by atoms with Gasteiger partial charge < -0.3 is 10.4 Å². The Morgan fingerprint density at radius 3 is 2.68 bits per heavy atom. The van der Waals surface area contributed by atoms with Crippen LogP contribution in [-0.4, -0.2) is 16.7 Å². The second-order valence-corrected chi connectivity index (χ2v) is 5.92. The molecule has 0 spiro atoms. The Morgan fingerprint density at radius 1 is 1.18 bits per heavy atom. The molecule has 0 atom stereocenters. The first-order chi connectivity index (χ1) is 10.6. The number of benzene rings is 2. The van der Waals surface area contributed by atoms with Crippen molar-refractivity contribution in [2.45, 2.75) is 0 Å². The van der Waals surface area contributed by atoms with Crippen LogP contribution in [-0.2, 0) is 4.79 Å². The highest BCUT2D eigenvalue weighted by molar-refractivity contribution is 9.10. The van der Waals surface area contributed by atoms with E-state index in [0.29, 0.717) is 33.8 Å². The Kier molecular flexibility index (Phi) is 4.00. The third-order valence-electron chi connectivity index (χ3n) is 3.20. The summed E-state index contributed by atoms with van der Waals surface area (Å²) in [4.78, 5) is 16.4. The fourth-order valence-electron chi connectivity index (χ4n) is 2.19. The summed E-state index contributed by atoms with van der Waals surface area (Å²) < 4.78 is 0.844. The largest absolute Gasteiger partial charge is 0.513 e. The van der Waals surface area contributed by atoms with E-state index in [2.05, 4.69) is 26.2 Å². The van der Waals surface area contributed by atoms with Crippen molar-refractivity contribution >= 4 is 44.8 Å². The highest BCUT2D eigenvalue weighted by Crippen LogP contribution is 2.30. The van der Waals surface area contributed by atoms with E-state index >= 15 is 0 Å². The number of carbonyl (C=O) groups excluding carboxylic acids is 1. The van der Waals surface area contributed by atoms with Crippen LogP contribution in [0.5, 0.6) is 0 Å². The Hall–Kier alpha value is -2.11. The lowest BCUT2D eigenvalue weighted by Crippen LogP contribution is -2.12. The average molecular weight is 378 g/mol. The van der Waals surface area contributed by atoms with Gasteiger partial charge >= 0.3 is 0 Å². The molecule has 22 heavy (non-hydrogen) atoms. The highest BCUT2D eigenvalue weighted by atomic mass is 79.9. The van der Waals surface area contributed by atoms with Crippen molar-refractivity contribution in [3.63, 3.8) is 0 Å². The number of aliphatic hydroxyl groups excluding tert-OH is 1. The number of carbonyl (C=O) groups is 1. The molecule has 2 N–H and O–H groups in total. The fourth-order valence-corrected chi connectivity index (χ4v) is 2.77. The number of aliphatic hydroxyl groups is 1. The lowest BCUT2D eigenvalue weighted by Gasteiger charge is -2.11. The summed E-state index contributed by atoms with van der Waals surface area (Å²) in [7, 11) is 0. The van der Waals surface area contributed by atoms with Gasteiger partial charge in [0.2, 0.25) is 0 Å². The molecule has 0 saturated carbocycles. The quantitative estimate of drug-likeness (QED) is 0.575. The van der Waals surface area contributed by atoms with Crippen LogP contribution in [0.25, 0.3) is 0 Å². The second kappa shape index (κ2) is 5.94. The molecule has 0 saturated heterocycles. The molecule has 2 aromatic carbocycles. The average Bonchev–Trinajstić information content (AvgIpc) is 2.64. The van der Waals surface area contributed by atoms with Crippen molar-refractivity contribution in [2.75, 3.05) is 5.32 Å². The van der Waals surface area contributed by atoms with Gasteiger partial charge in [0.25, 0.3) is 5.91 Å². The van der Waals surface area contributed by atoms with Crippen molar-refractivity contribution in [3.05, 3.63) is 75.0 Å². The molecule has 0 aromatic heterocycles. The molecule has 0 radical (unpaired) electrons. The monoisotopic (exact) mass is 376 g/mol. The van der Waals surface area contributed by atoms with Crippen LogP contribution in [0.3, 0.4) is 0 Å². The zero-order valence-electron chi connectivity index (χ0n) is 11.2. The van der Waals surface area contributed by atoms with E-state index in [-0.39, 0.29) is 5.70 Å². The van der Waals surface area contributed by atoms with Gasteiger partial charge in [-0.3, -0.25) is 4.79 Å². The maximum absolute atomic E-state index is 12.1. The van der Waals surface area contributed by atoms with Crippen LogP contribution < -0.4 is 5.32 Å². The SMILES string of the molecule is O=C1Nc2ccc(Br)cc2C(c2ccccc2Cl)=NC1=CO. The molecule has 1 heterocycles. The Balaban J connectivity index is 2.31. The number of hydrogen-bond acceptors (Lipinski definition) is 3. The molecule has 0 aliphatic carbocycles. The van der Waals surface area contributed by atoms with Gasteiger partial charge in [-0.1, -0.05) is 45.7 Å². The number of aliphatic imine (C=N–C) groups is 1. The standard InChI is InChI=1S/C16H10BrClN2O2/c17-9-5-6-13-11(7-9)15(10-3-1-2-4-12(10)18)19-14(8-21)16(22)20-13/h1-8,21H,(H,20,22). The second-order valence-electron chi connectivity index (χ2n) is 4.60. The van der Waals surface area contributed by atoms with Crippen LogP contribution in [0, 0.1) is 0 Å². The van der Waals surface area contributed by atoms with Gasteiger partial charge in [0.15, 0.2) is 5.70 Å². The summed E-state index contributed by atoms with van der Waals surface area (Å²) in [6, 6.07) is 12.6. The van der Waals surface area contributed by atoms with E-state index < -0.39 is 5.91 Å². The number of nitrogens with zero attached hydrogens (tertiary/aromatic N) is 1. The van der Waals surface area contributed by atoms with E-state index in [1.807, 2.05) is 30.3 Å². The normalized spacial score (nSPS) is 15.8. The number of benzodiazepines with no additional fused rings is 1. The maximum atomic E-state index is 12.1. The third kappa shape index (κ3) is 2.65. The van der Waals surface area contributed by atoms with Gasteiger partial charge in [0.1, 0.15) is 6.26 Å². The summed E-state index contributed by atoms with van der Waals surface area (Å²) in [6.07, 6.45) is 0.688. The molecule has 3 rings (SSSR count). The number of nitrogens with one attached hydrogen (secondary N) is 1. The summed E-state index contributed by atoms with van der Waals surface area (Å²) in [5.41, 5.74) is 2.43.